The fourth-order valence-electron chi connectivity index (χ4n) is 7.14. The van der Waals surface area contributed by atoms with Gasteiger partial charge in [0.2, 0.25) is 29.5 Å². The molecule has 4 fully saturated rings. The zero-order chi connectivity index (χ0) is 32.6. The maximum Gasteiger partial charge on any atom is 0.356 e. The molecule has 4 heterocycles. The fraction of sp³-hybridized carbons (Fsp3) is 0.452. The molecule has 2 aromatic rings. The van der Waals surface area contributed by atoms with Gasteiger partial charge >= 0.3 is 7.60 Å². The largest absolute Gasteiger partial charge is 0.356 e. The molecule has 0 spiro atoms. The molecule has 0 aliphatic carbocycles. The van der Waals surface area contributed by atoms with Gasteiger partial charge in [-0.15, -0.1) is 12.4 Å². The third kappa shape index (κ3) is 6.66. The third-order valence-corrected chi connectivity index (χ3v) is 11.1. The monoisotopic (exact) mass is 688 g/mol. The Morgan fingerprint density at radius 1 is 0.787 bits per heavy atom. The first kappa shape index (κ1) is 34.5. The van der Waals surface area contributed by atoms with Crippen LogP contribution in [0.4, 0.5) is 11.4 Å². The van der Waals surface area contributed by atoms with E-state index in [9.17, 15) is 38.3 Å². The van der Waals surface area contributed by atoms with Crippen LogP contribution in [0, 0.1) is 0 Å². The first-order valence-electron chi connectivity index (χ1n) is 15.5. The van der Waals surface area contributed by atoms with E-state index in [1.54, 1.807) is 24.3 Å². The van der Waals surface area contributed by atoms with E-state index in [1.165, 1.54) is 29.2 Å². The van der Waals surface area contributed by atoms with Gasteiger partial charge in [0.05, 0.1) is 6.04 Å². The quantitative estimate of drug-likeness (QED) is 0.201. The van der Waals surface area contributed by atoms with E-state index in [1.807, 2.05) is 0 Å². The first-order chi connectivity index (χ1) is 22.0. The highest BCUT2D eigenvalue weighted by atomic mass is 35.5. The van der Waals surface area contributed by atoms with Crippen LogP contribution < -0.4 is 26.6 Å². The number of carbonyl (C=O) groups is 5. The standard InChI is InChI=1S/C31H37N6O8P.ClH/c38-26-13-11-23(35-26)28(40)33-20-7-3-18(4-8-20)22-15-17-37(30(42)25-2-1-16-32-25)31(22,46(43,44)45)19-5-9-21(10-6-19)34-29(41)24-12-14-27(39)36-24;/h3-10,22-25,32H,1-2,11-17H2,(H,33,40)(H,34,41)(H,35,38)(H,36,39)(H2,43,44,45);1H/t22?,23-,24-,25?,31-;/m0./s1. The van der Waals surface area contributed by atoms with E-state index in [-0.39, 0.29) is 67.4 Å². The van der Waals surface area contributed by atoms with Crippen molar-refractivity contribution >= 4 is 60.9 Å². The molecule has 4 saturated heterocycles. The SMILES string of the molecule is Cl.O=C1CC[C@@H](C(=O)Nc2ccc(C3CCN(C(=O)C4CCCN4)[C@@]3(c3ccc(NC(=O)[C@@H]4CCC(=O)N4)cc3)P(=O)(O)O)cc2)N1. The molecule has 7 N–H and O–H groups in total. The number of nitrogens with one attached hydrogen (secondary N) is 5. The van der Waals surface area contributed by atoms with Gasteiger partial charge in [0, 0.05) is 36.7 Å². The molecule has 4 aliphatic rings. The number of carbonyl (C=O) groups excluding carboxylic acids is 5. The second-order valence-corrected chi connectivity index (χ2v) is 14.0. The van der Waals surface area contributed by atoms with Gasteiger partial charge in [-0.1, -0.05) is 24.3 Å². The molecule has 0 radical (unpaired) electrons. The van der Waals surface area contributed by atoms with E-state index >= 15 is 0 Å². The van der Waals surface area contributed by atoms with Gasteiger partial charge < -0.3 is 41.3 Å². The molecule has 0 aromatic heterocycles. The van der Waals surface area contributed by atoms with Gasteiger partial charge in [0.25, 0.3) is 0 Å². The molecule has 6 rings (SSSR count). The van der Waals surface area contributed by atoms with Gasteiger partial charge in [-0.3, -0.25) is 28.5 Å². The zero-order valence-electron chi connectivity index (χ0n) is 25.4. The molecule has 5 amide bonds. The predicted octanol–water partition coefficient (Wildman–Crippen LogP) is 1.64. The Balaban J connectivity index is 0.00000433. The average Bonchev–Trinajstić information content (AvgIpc) is 3.84. The minimum Gasteiger partial charge on any atom is -0.344 e. The van der Waals surface area contributed by atoms with Gasteiger partial charge in [-0.25, -0.2) is 0 Å². The smallest absolute Gasteiger partial charge is 0.344 e. The Labute approximate surface area is 277 Å². The summed E-state index contributed by atoms with van der Waals surface area (Å²) >= 11 is 0. The molecule has 5 atom stereocenters. The maximum atomic E-state index is 13.9. The van der Waals surface area contributed by atoms with Gasteiger partial charge in [-0.2, -0.15) is 0 Å². The lowest BCUT2D eigenvalue weighted by Gasteiger charge is -2.44. The van der Waals surface area contributed by atoms with E-state index in [4.69, 9.17) is 0 Å². The molecule has 252 valence electrons. The van der Waals surface area contributed by atoms with E-state index in [0.717, 1.165) is 6.42 Å². The summed E-state index contributed by atoms with van der Waals surface area (Å²) in [5, 5.41) is 11.9. The normalized spacial score (nSPS) is 27.1. The minimum atomic E-state index is -5.13. The van der Waals surface area contributed by atoms with Gasteiger partial charge in [0.1, 0.15) is 12.1 Å². The number of nitrogens with zero attached hydrogens (tertiary/aromatic N) is 1. The van der Waals surface area contributed by atoms with Crippen LogP contribution in [0.25, 0.3) is 0 Å². The first-order valence-corrected chi connectivity index (χ1v) is 17.1. The molecule has 14 nitrogen and oxygen atoms in total. The van der Waals surface area contributed by atoms with Crippen LogP contribution in [-0.4, -0.2) is 75.4 Å². The van der Waals surface area contributed by atoms with Crippen molar-refractivity contribution in [3.05, 3.63) is 59.7 Å². The van der Waals surface area contributed by atoms with Crippen molar-refractivity contribution in [2.75, 3.05) is 23.7 Å². The summed E-state index contributed by atoms with van der Waals surface area (Å²) in [5.41, 5.74) is 1.62. The van der Waals surface area contributed by atoms with Crippen molar-refractivity contribution < 1.29 is 38.3 Å². The van der Waals surface area contributed by atoms with E-state index in [0.29, 0.717) is 42.7 Å². The lowest BCUT2D eigenvalue weighted by molar-refractivity contribution is -0.136. The molecule has 16 heteroatoms. The summed E-state index contributed by atoms with van der Waals surface area (Å²) in [5.74, 6) is -2.34. The lowest BCUT2D eigenvalue weighted by atomic mass is 9.86. The Morgan fingerprint density at radius 3 is 1.77 bits per heavy atom. The third-order valence-electron chi connectivity index (χ3n) is 9.39. The van der Waals surface area contributed by atoms with Crippen LogP contribution in [-0.2, 0) is 33.8 Å². The lowest BCUT2D eigenvalue weighted by Crippen LogP contribution is -2.52. The second kappa shape index (κ2) is 13.7. The summed E-state index contributed by atoms with van der Waals surface area (Å²) in [6, 6.07) is 10.9. The number of amides is 5. The van der Waals surface area contributed by atoms with Crippen molar-refractivity contribution in [1.29, 1.82) is 0 Å². The Bertz CT molecular complexity index is 1600. The van der Waals surface area contributed by atoms with Crippen molar-refractivity contribution in [3.8, 4) is 0 Å². The Hall–Kier alpha value is -3.81. The highest BCUT2D eigenvalue weighted by molar-refractivity contribution is 7.53. The van der Waals surface area contributed by atoms with Crippen molar-refractivity contribution in [2.45, 2.75) is 74.3 Å². The Kier molecular flexibility index (Phi) is 10.1. The number of benzene rings is 2. The second-order valence-electron chi connectivity index (χ2n) is 12.2. The highest BCUT2D eigenvalue weighted by Crippen LogP contribution is 2.68. The number of likely N-dealkylation sites (tertiary alicyclic amines) is 1. The molecular weight excluding hydrogens is 651 g/mol. The highest BCUT2D eigenvalue weighted by Gasteiger charge is 2.63. The number of anilines is 2. The summed E-state index contributed by atoms with van der Waals surface area (Å²) in [6.45, 7) is 0.733. The van der Waals surface area contributed by atoms with Crippen LogP contribution in [0.15, 0.2) is 48.5 Å². The molecule has 0 saturated carbocycles. The van der Waals surface area contributed by atoms with Crippen LogP contribution >= 0.6 is 20.0 Å². The fourth-order valence-corrected chi connectivity index (χ4v) is 8.82. The molecular formula is C31H38ClN6O8P. The van der Waals surface area contributed by atoms with Gasteiger partial charge in [0.15, 0.2) is 5.28 Å². The van der Waals surface area contributed by atoms with Gasteiger partial charge in [-0.05, 0) is 74.0 Å². The summed E-state index contributed by atoms with van der Waals surface area (Å²) < 4.78 is 13.8. The topological polar surface area (TPSA) is 206 Å². The van der Waals surface area contributed by atoms with Crippen molar-refractivity contribution in [2.24, 2.45) is 0 Å². The predicted molar refractivity (Wildman–Crippen MR) is 174 cm³/mol. The van der Waals surface area contributed by atoms with Crippen LogP contribution in [0.2, 0.25) is 0 Å². The average molecular weight is 689 g/mol. The molecule has 4 aliphatic heterocycles. The van der Waals surface area contributed by atoms with E-state index < -0.39 is 42.8 Å². The summed E-state index contributed by atoms with van der Waals surface area (Å²) in [4.78, 5) is 86.1. The van der Waals surface area contributed by atoms with Crippen LogP contribution in [0.1, 0.15) is 62.0 Å². The summed E-state index contributed by atoms with van der Waals surface area (Å²) in [7, 11) is -5.13. The Morgan fingerprint density at radius 2 is 1.32 bits per heavy atom. The number of hydrogen-bond acceptors (Lipinski definition) is 7. The van der Waals surface area contributed by atoms with Crippen molar-refractivity contribution in [1.82, 2.24) is 20.9 Å². The maximum absolute atomic E-state index is 13.9. The van der Waals surface area contributed by atoms with Crippen LogP contribution in [0.3, 0.4) is 0 Å². The zero-order valence-corrected chi connectivity index (χ0v) is 27.1. The van der Waals surface area contributed by atoms with E-state index in [2.05, 4.69) is 26.6 Å². The number of hydrogen-bond donors (Lipinski definition) is 7. The molecule has 0 bridgehead atoms. The van der Waals surface area contributed by atoms with Crippen molar-refractivity contribution in [3.63, 3.8) is 0 Å². The molecule has 2 aromatic carbocycles. The summed E-state index contributed by atoms with van der Waals surface area (Å²) in [6.07, 6.45) is 2.89. The molecule has 2 unspecified atom stereocenters. The number of rotatable bonds is 8. The molecule has 47 heavy (non-hydrogen) atoms. The minimum absolute atomic E-state index is 0. The number of halogens is 1. The van der Waals surface area contributed by atoms with Crippen LogP contribution in [0.5, 0.6) is 0 Å².